The molecule has 12 nitrogen and oxygen atoms in total. The summed E-state index contributed by atoms with van der Waals surface area (Å²) < 4.78 is 27.1. The quantitative estimate of drug-likeness (QED) is 0.239. The summed E-state index contributed by atoms with van der Waals surface area (Å²) in [6, 6.07) is 26.4. The minimum Gasteiger partial charge on any atom is -0.383 e. The number of rotatable bonds is 6. The zero-order valence-corrected chi connectivity index (χ0v) is 28.3. The molecule has 2 bridgehead atoms. The van der Waals surface area contributed by atoms with Crippen molar-refractivity contribution in [1.29, 1.82) is 0 Å². The van der Waals surface area contributed by atoms with Gasteiger partial charge in [-0.3, -0.25) is 24.2 Å². The van der Waals surface area contributed by atoms with Crippen molar-refractivity contribution in [3.8, 4) is 0 Å². The standard InChI is InChI=1S/C37H40N6O6S/c44-34-16-9-22-43(37(47)30-14-7-8-15-33(30)50(48,49)26-28-12-5-2-6-13-28)23-21-41-35(45)32(24-27-10-3-1-4-11-27)42-36(46)31-25-29(17-18-39-31)38-19-20-40-34/h1-8,10-15,17-18,25,32,38H,9,16,19-24,26H2,(H,40,44)(H,41,45)(H,42,46)/t32-/m0/s1. The number of amides is 4. The van der Waals surface area contributed by atoms with Crippen molar-refractivity contribution in [3.05, 3.63) is 126 Å². The molecule has 50 heavy (non-hydrogen) atoms. The number of anilines is 1. The number of hydrogen-bond donors (Lipinski definition) is 4. The van der Waals surface area contributed by atoms with Crippen LogP contribution in [0.2, 0.25) is 0 Å². The first-order chi connectivity index (χ1) is 24.2. The van der Waals surface area contributed by atoms with E-state index in [0.29, 0.717) is 30.8 Å². The van der Waals surface area contributed by atoms with Crippen LogP contribution in [0.1, 0.15) is 44.8 Å². The topological polar surface area (TPSA) is 167 Å². The van der Waals surface area contributed by atoms with Gasteiger partial charge in [-0.05, 0) is 41.8 Å². The largest absolute Gasteiger partial charge is 0.383 e. The highest BCUT2D eigenvalue weighted by molar-refractivity contribution is 7.90. The number of carbonyl (C=O) groups is 4. The third-order valence-electron chi connectivity index (χ3n) is 8.13. The Morgan fingerprint density at radius 2 is 1.46 bits per heavy atom. The van der Waals surface area contributed by atoms with Crippen LogP contribution in [-0.4, -0.2) is 80.7 Å². The molecule has 5 rings (SSSR count). The molecule has 0 fully saturated rings. The lowest BCUT2D eigenvalue weighted by Crippen LogP contribution is -2.50. The third kappa shape index (κ3) is 9.98. The fourth-order valence-corrected chi connectivity index (χ4v) is 7.16. The molecule has 2 heterocycles. The molecular weight excluding hydrogens is 657 g/mol. The molecule has 0 aliphatic carbocycles. The second kappa shape index (κ2) is 17.2. The number of hydrogen-bond acceptors (Lipinski definition) is 8. The van der Waals surface area contributed by atoms with Crippen LogP contribution in [0.25, 0.3) is 0 Å². The number of carbonyl (C=O) groups excluding carboxylic acids is 4. The first-order valence-electron chi connectivity index (χ1n) is 16.4. The first-order valence-corrected chi connectivity index (χ1v) is 18.1. The molecule has 4 N–H and O–H groups in total. The highest BCUT2D eigenvalue weighted by Gasteiger charge is 2.27. The van der Waals surface area contributed by atoms with Crippen molar-refractivity contribution >= 4 is 39.2 Å². The van der Waals surface area contributed by atoms with Gasteiger partial charge in [0.15, 0.2) is 9.84 Å². The normalized spacial score (nSPS) is 16.8. The number of sulfone groups is 1. The molecule has 1 aliphatic rings. The van der Waals surface area contributed by atoms with Crippen LogP contribution in [-0.2, 0) is 31.6 Å². The van der Waals surface area contributed by atoms with Gasteiger partial charge in [0.05, 0.1) is 16.2 Å². The predicted molar refractivity (Wildman–Crippen MR) is 189 cm³/mol. The fourth-order valence-electron chi connectivity index (χ4n) is 5.59. The SMILES string of the molecule is O=C1CCCN(C(=O)c2ccccc2S(=O)(=O)Cc2ccccc2)CCNC(=O)[C@H](Cc2ccccc2)NC(=O)c2cc(ccn2)NCCN1. The van der Waals surface area contributed by atoms with Gasteiger partial charge in [0.1, 0.15) is 11.7 Å². The van der Waals surface area contributed by atoms with E-state index in [1.807, 2.05) is 30.3 Å². The molecule has 0 unspecified atom stereocenters. The lowest BCUT2D eigenvalue weighted by Gasteiger charge is -2.25. The summed E-state index contributed by atoms with van der Waals surface area (Å²) in [7, 11) is -3.91. The van der Waals surface area contributed by atoms with E-state index in [1.54, 1.807) is 54.6 Å². The number of fused-ring (bicyclic) bond motifs is 2. The van der Waals surface area contributed by atoms with Crippen LogP contribution in [0.3, 0.4) is 0 Å². The van der Waals surface area contributed by atoms with Gasteiger partial charge in [0, 0.05) is 57.4 Å². The van der Waals surface area contributed by atoms with E-state index in [9.17, 15) is 27.6 Å². The molecule has 260 valence electrons. The van der Waals surface area contributed by atoms with Gasteiger partial charge in [-0.25, -0.2) is 8.42 Å². The minimum absolute atomic E-state index is 0.00662. The van der Waals surface area contributed by atoms with E-state index in [4.69, 9.17) is 0 Å². The Hall–Kier alpha value is -5.56. The van der Waals surface area contributed by atoms with Gasteiger partial charge >= 0.3 is 0 Å². The monoisotopic (exact) mass is 696 g/mol. The summed E-state index contributed by atoms with van der Waals surface area (Å²) in [6.07, 6.45) is 2.13. The molecule has 4 amide bonds. The molecule has 0 spiro atoms. The van der Waals surface area contributed by atoms with Gasteiger partial charge in [0.2, 0.25) is 11.8 Å². The van der Waals surface area contributed by atoms with Crippen molar-refractivity contribution in [2.24, 2.45) is 0 Å². The third-order valence-corrected chi connectivity index (χ3v) is 9.86. The van der Waals surface area contributed by atoms with E-state index in [2.05, 4.69) is 26.3 Å². The fraction of sp³-hybridized carbons (Fsp3) is 0.270. The van der Waals surface area contributed by atoms with E-state index >= 15 is 0 Å². The first kappa shape index (κ1) is 35.7. The van der Waals surface area contributed by atoms with Crippen LogP contribution in [0, 0.1) is 0 Å². The Kier molecular flexibility index (Phi) is 12.3. The number of nitrogens with one attached hydrogen (secondary N) is 4. The number of nitrogens with zero attached hydrogens (tertiary/aromatic N) is 2. The Balaban J connectivity index is 1.38. The molecule has 0 saturated heterocycles. The molecule has 3 aromatic carbocycles. The second-order valence-corrected chi connectivity index (χ2v) is 13.8. The van der Waals surface area contributed by atoms with Crippen molar-refractivity contribution < 1.29 is 27.6 Å². The molecular formula is C37H40N6O6S. The van der Waals surface area contributed by atoms with Crippen molar-refractivity contribution in [1.82, 2.24) is 25.8 Å². The van der Waals surface area contributed by atoms with Crippen LogP contribution >= 0.6 is 0 Å². The smallest absolute Gasteiger partial charge is 0.270 e. The number of pyridine rings is 1. The van der Waals surface area contributed by atoms with Crippen LogP contribution in [0.4, 0.5) is 5.69 Å². The second-order valence-electron chi connectivity index (χ2n) is 11.8. The Bertz CT molecular complexity index is 1910. The maximum atomic E-state index is 14.1. The maximum absolute atomic E-state index is 14.1. The van der Waals surface area contributed by atoms with E-state index in [0.717, 1.165) is 5.56 Å². The number of benzene rings is 3. The average Bonchev–Trinajstić information content (AvgIpc) is 3.12. The molecule has 1 atom stereocenters. The molecule has 0 radical (unpaired) electrons. The summed E-state index contributed by atoms with van der Waals surface area (Å²) in [6.45, 7) is 0.868. The van der Waals surface area contributed by atoms with Gasteiger partial charge in [-0.1, -0.05) is 72.8 Å². The van der Waals surface area contributed by atoms with Crippen molar-refractivity contribution in [2.75, 3.05) is 38.0 Å². The Morgan fingerprint density at radius 3 is 2.22 bits per heavy atom. The average molecular weight is 697 g/mol. The van der Waals surface area contributed by atoms with Gasteiger partial charge < -0.3 is 26.2 Å². The Morgan fingerprint density at radius 1 is 0.780 bits per heavy atom. The van der Waals surface area contributed by atoms with Crippen molar-refractivity contribution in [2.45, 2.75) is 36.0 Å². The predicted octanol–water partition coefficient (Wildman–Crippen LogP) is 2.98. The molecule has 4 aromatic rings. The van der Waals surface area contributed by atoms with Crippen LogP contribution < -0.4 is 21.3 Å². The van der Waals surface area contributed by atoms with Gasteiger partial charge in [0.25, 0.3) is 11.8 Å². The van der Waals surface area contributed by atoms with Gasteiger partial charge in [-0.15, -0.1) is 0 Å². The minimum atomic E-state index is -3.91. The molecule has 1 aromatic heterocycles. The number of aromatic nitrogens is 1. The zero-order chi connectivity index (χ0) is 35.3. The lowest BCUT2D eigenvalue weighted by atomic mass is 10.0. The highest BCUT2D eigenvalue weighted by Crippen LogP contribution is 2.22. The molecule has 0 saturated carbocycles. The van der Waals surface area contributed by atoms with Crippen molar-refractivity contribution in [3.63, 3.8) is 0 Å². The zero-order valence-electron chi connectivity index (χ0n) is 27.5. The maximum Gasteiger partial charge on any atom is 0.270 e. The molecule has 1 aliphatic heterocycles. The molecule has 13 heteroatoms. The summed E-state index contributed by atoms with van der Waals surface area (Å²) in [5.74, 6) is -2.04. The summed E-state index contributed by atoms with van der Waals surface area (Å²) in [5.41, 5.74) is 2.16. The van der Waals surface area contributed by atoms with E-state index in [-0.39, 0.29) is 60.3 Å². The van der Waals surface area contributed by atoms with E-state index in [1.165, 1.54) is 23.2 Å². The van der Waals surface area contributed by atoms with Gasteiger partial charge in [-0.2, -0.15) is 0 Å². The van der Waals surface area contributed by atoms with E-state index < -0.39 is 33.6 Å². The van der Waals surface area contributed by atoms with Crippen LogP contribution in [0.15, 0.2) is 108 Å². The summed E-state index contributed by atoms with van der Waals surface area (Å²) in [5, 5.41) is 11.6. The highest BCUT2D eigenvalue weighted by atomic mass is 32.2. The Labute approximate surface area is 291 Å². The summed E-state index contributed by atoms with van der Waals surface area (Å²) >= 11 is 0. The lowest BCUT2D eigenvalue weighted by molar-refractivity contribution is -0.123. The van der Waals surface area contributed by atoms with Crippen LogP contribution in [0.5, 0.6) is 0 Å². The summed E-state index contributed by atoms with van der Waals surface area (Å²) in [4.78, 5) is 59.1.